The maximum Gasteiger partial charge on any atom is 0.417 e. The zero-order valence-electron chi connectivity index (χ0n) is 18.0. The Balaban J connectivity index is 1.54. The molecule has 0 spiro atoms. The molecule has 0 amide bonds. The summed E-state index contributed by atoms with van der Waals surface area (Å²) in [5.74, 6) is 0.0642. The van der Waals surface area contributed by atoms with Gasteiger partial charge in [-0.15, -0.1) is 0 Å². The molecule has 1 aliphatic carbocycles. The SMILES string of the molecule is Cn1cc(-c2ccc(S(=O)(=O)[C@@H]3CC[C@@H](OC4CCS(=O)(=O)CC4)C3)c(C(F)(F)F)c2)cn1. The number of sulfone groups is 2. The number of aromatic nitrogens is 2. The van der Waals surface area contributed by atoms with Gasteiger partial charge < -0.3 is 4.74 Å². The number of nitrogens with zero attached hydrogens (tertiary/aromatic N) is 2. The summed E-state index contributed by atoms with van der Waals surface area (Å²) in [7, 11) is -5.67. The zero-order valence-corrected chi connectivity index (χ0v) is 19.6. The highest BCUT2D eigenvalue weighted by molar-refractivity contribution is 7.92. The van der Waals surface area contributed by atoms with E-state index >= 15 is 0 Å². The smallest absolute Gasteiger partial charge is 0.375 e. The van der Waals surface area contributed by atoms with Crippen molar-refractivity contribution in [2.45, 2.75) is 60.6 Å². The van der Waals surface area contributed by atoms with E-state index in [1.165, 1.54) is 16.9 Å². The van der Waals surface area contributed by atoms with Crippen molar-refractivity contribution in [3.63, 3.8) is 0 Å². The molecule has 2 atom stereocenters. The Morgan fingerprint density at radius 2 is 1.76 bits per heavy atom. The number of alkyl halides is 3. The fourth-order valence-electron chi connectivity index (χ4n) is 4.51. The molecule has 7 nitrogen and oxygen atoms in total. The average Bonchev–Trinajstić information content (AvgIpc) is 3.38. The standard InChI is InChI=1S/C21H25F3N2O5S2/c1-26-13-15(12-25-26)14-2-5-20(19(10-14)21(22,23)24)33(29,30)18-4-3-17(11-18)31-16-6-8-32(27,28)9-7-16/h2,5,10,12-13,16-18H,3-4,6-9,11H2,1H3/t17-,18-/m1/s1. The lowest BCUT2D eigenvalue weighted by atomic mass is 10.1. The molecular formula is C21H25F3N2O5S2. The Kier molecular flexibility index (Phi) is 6.38. The Bertz CT molecular complexity index is 1220. The molecule has 0 unspecified atom stereocenters. The average molecular weight is 507 g/mol. The molecule has 2 heterocycles. The number of halogens is 3. The summed E-state index contributed by atoms with van der Waals surface area (Å²) >= 11 is 0. The minimum Gasteiger partial charge on any atom is -0.375 e. The van der Waals surface area contributed by atoms with Crippen molar-refractivity contribution in [2.75, 3.05) is 11.5 Å². The lowest BCUT2D eigenvalue weighted by Crippen LogP contribution is -2.31. The molecule has 1 aliphatic heterocycles. The normalized spacial score (nSPS) is 24.2. The minimum atomic E-state index is -4.84. The van der Waals surface area contributed by atoms with E-state index < -0.39 is 47.7 Å². The van der Waals surface area contributed by atoms with Gasteiger partial charge in [-0.05, 0) is 49.8 Å². The summed E-state index contributed by atoms with van der Waals surface area (Å²) in [5.41, 5.74) is -0.504. The predicted molar refractivity (Wildman–Crippen MR) is 115 cm³/mol. The van der Waals surface area contributed by atoms with Gasteiger partial charge in [0.2, 0.25) is 0 Å². The molecule has 0 bridgehead atoms. The number of hydrogen-bond acceptors (Lipinski definition) is 6. The molecule has 182 valence electrons. The molecule has 1 aromatic carbocycles. The van der Waals surface area contributed by atoms with Gasteiger partial charge >= 0.3 is 6.18 Å². The van der Waals surface area contributed by atoms with Crippen molar-refractivity contribution in [2.24, 2.45) is 7.05 Å². The van der Waals surface area contributed by atoms with E-state index in [0.717, 1.165) is 12.1 Å². The Labute approximate surface area is 190 Å². The van der Waals surface area contributed by atoms with E-state index in [0.29, 0.717) is 24.8 Å². The fraction of sp³-hybridized carbons (Fsp3) is 0.571. The van der Waals surface area contributed by atoms with Gasteiger partial charge in [0.25, 0.3) is 0 Å². The zero-order chi connectivity index (χ0) is 24.0. The third-order valence-electron chi connectivity index (χ3n) is 6.29. The van der Waals surface area contributed by atoms with E-state index in [1.807, 2.05) is 0 Å². The molecule has 1 saturated carbocycles. The van der Waals surface area contributed by atoms with E-state index in [-0.39, 0.29) is 36.0 Å². The highest BCUT2D eigenvalue weighted by Crippen LogP contribution is 2.41. The fourth-order valence-corrected chi connectivity index (χ4v) is 7.97. The van der Waals surface area contributed by atoms with Crippen molar-refractivity contribution < 1.29 is 34.7 Å². The highest BCUT2D eigenvalue weighted by atomic mass is 32.2. The molecule has 4 rings (SSSR count). The van der Waals surface area contributed by atoms with Crippen molar-refractivity contribution >= 4 is 19.7 Å². The number of rotatable bonds is 5. The van der Waals surface area contributed by atoms with Crippen LogP contribution in [0.25, 0.3) is 11.1 Å². The van der Waals surface area contributed by atoms with Gasteiger partial charge in [0.1, 0.15) is 0 Å². The highest BCUT2D eigenvalue weighted by Gasteiger charge is 2.43. The van der Waals surface area contributed by atoms with E-state index in [4.69, 9.17) is 4.74 Å². The Morgan fingerprint density at radius 1 is 1.06 bits per heavy atom. The van der Waals surface area contributed by atoms with Gasteiger partial charge in [-0.2, -0.15) is 18.3 Å². The van der Waals surface area contributed by atoms with E-state index in [1.54, 1.807) is 13.2 Å². The van der Waals surface area contributed by atoms with Crippen molar-refractivity contribution in [3.8, 4) is 11.1 Å². The van der Waals surface area contributed by atoms with Crippen LogP contribution in [0.1, 0.15) is 37.7 Å². The van der Waals surface area contributed by atoms with Crippen LogP contribution in [0.5, 0.6) is 0 Å². The Morgan fingerprint density at radius 3 is 2.36 bits per heavy atom. The van der Waals surface area contributed by atoms with Crippen LogP contribution in [0.3, 0.4) is 0 Å². The number of ether oxygens (including phenoxy) is 1. The van der Waals surface area contributed by atoms with Gasteiger partial charge in [0, 0.05) is 18.8 Å². The van der Waals surface area contributed by atoms with E-state index in [9.17, 15) is 30.0 Å². The number of benzene rings is 1. The van der Waals surface area contributed by atoms with Gasteiger partial charge in [0.05, 0.1) is 45.6 Å². The lowest BCUT2D eigenvalue weighted by Gasteiger charge is -2.25. The number of hydrogen-bond donors (Lipinski definition) is 0. The monoisotopic (exact) mass is 506 g/mol. The minimum absolute atomic E-state index is 0.0321. The van der Waals surface area contributed by atoms with Crippen LogP contribution in [0.2, 0.25) is 0 Å². The summed E-state index contributed by atoms with van der Waals surface area (Å²) < 4.78 is 98.5. The third-order valence-corrected chi connectivity index (χ3v) is 10.3. The molecular weight excluding hydrogens is 481 g/mol. The molecule has 2 aromatic rings. The lowest BCUT2D eigenvalue weighted by molar-refractivity contribution is -0.139. The summed E-state index contributed by atoms with van der Waals surface area (Å²) in [6.45, 7) is 0. The third kappa shape index (κ3) is 5.27. The second-order valence-corrected chi connectivity index (χ2v) is 13.2. The summed E-state index contributed by atoms with van der Waals surface area (Å²) in [4.78, 5) is -0.725. The molecule has 12 heteroatoms. The topological polar surface area (TPSA) is 95.3 Å². The second kappa shape index (κ2) is 8.70. The molecule has 2 aliphatic rings. The first kappa shape index (κ1) is 24.2. The van der Waals surface area contributed by atoms with Gasteiger partial charge in [-0.3, -0.25) is 4.68 Å². The molecule has 1 aromatic heterocycles. The van der Waals surface area contributed by atoms with Gasteiger partial charge in [-0.1, -0.05) is 6.07 Å². The predicted octanol–water partition coefficient (Wildman–Crippen LogP) is 3.39. The summed E-state index contributed by atoms with van der Waals surface area (Å²) in [6, 6.07) is 3.25. The molecule has 2 fully saturated rings. The van der Waals surface area contributed by atoms with Crippen LogP contribution in [0, 0.1) is 0 Å². The van der Waals surface area contributed by atoms with Crippen molar-refractivity contribution in [1.82, 2.24) is 9.78 Å². The van der Waals surface area contributed by atoms with E-state index in [2.05, 4.69) is 5.10 Å². The quantitative estimate of drug-likeness (QED) is 0.617. The molecule has 0 N–H and O–H groups in total. The van der Waals surface area contributed by atoms with Crippen LogP contribution in [-0.4, -0.2) is 55.6 Å². The maximum atomic E-state index is 13.9. The maximum absolute atomic E-state index is 13.9. The first-order chi connectivity index (χ1) is 15.3. The first-order valence-corrected chi connectivity index (χ1v) is 14.0. The van der Waals surface area contributed by atoms with Crippen LogP contribution < -0.4 is 0 Å². The molecule has 33 heavy (non-hydrogen) atoms. The first-order valence-electron chi connectivity index (χ1n) is 10.7. The van der Waals surface area contributed by atoms with Crippen molar-refractivity contribution in [1.29, 1.82) is 0 Å². The molecule has 0 radical (unpaired) electrons. The Hall–Kier alpha value is -1.92. The van der Waals surface area contributed by atoms with Crippen LogP contribution in [-0.2, 0) is 37.6 Å². The number of aryl methyl sites for hydroxylation is 1. The summed E-state index contributed by atoms with van der Waals surface area (Å²) in [6.07, 6.45) is -1.17. The second-order valence-electron chi connectivity index (χ2n) is 8.70. The molecule has 1 saturated heterocycles. The van der Waals surface area contributed by atoms with Crippen LogP contribution in [0.15, 0.2) is 35.5 Å². The van der Waals surface area contributed by atoms with Crippen LogP contribution >= 0.6 is 0 Å². The van der Waals surface area contributed by atoms with Crippen molar-refractivity contribution in [3.05, 3.63) is 36.2 Å². The van der Waals surface area contributed by atoms with Crippen LogP contribution in [0.4, 0.5) is 13.2 Å². The largest absolute Gasteiger partial charge is 0.417 e. The van der Waals surface area contributed by atoms with Gasteiger partial charge in [0.15, 0.2) is 19.7 Å². The summed E-state index contributed by atoms with van der Waals surface area (Å²) in [5, 5.41) is 2.97. The van der Waals surface area contributed by atoms with Gasteiger partial charge in [-0.25, -0.2) is 16.8 Å².